The van der Waals surface area contributed by atoms with Crippen LogP contribution in [0.2, 0.25) is 0 Å². The molecular formula is C17H22N3O2+. The summed E-state index contributed by atoms with van der Waals surface area (Å²) in [6.07, 6.45) is 3.60. The Morgan fingerprint density at radius 3 is 2.55 bits per heavy atom. The van der Waals surface area contributed by atoms with Crippen LogP contribution in [0, 0.1) is 0 Å². The van der Waals surface area contributed by atoms with Crippen LogP contribution in [-0.4, -0.2) is 38.6 Å². The Hall–Kier alpha value is -2.40. The van der Waals surface area contributed by atoms with Crippen molar-refractivity contribution in [2.75, 3.05) is 27.7 Å². The lowest BCUT2D eigenvalue weighted by Gasteiger charge is -2.21. The number of nitrogens with one attached hydrogen (secondary N) is 2. The summed E-state index contributed by atoms with van der Waals surface area (Å²) in [6, 6.07) is 11.2. The summed E-state index contributed by atoms with van der Waals surface area (Å²) in [4.78, 5) is 17.6. The Balaban J connectivity index is 2.01. The predicted octanol–water partition coefficient (Wildman–Crippen LogP) is 0.706. The van der Waals surface area contributed by atoms with Gasteiger partial charge >= 0.3 is 0 Å². The largest absolute Gasteiger partial charge is 0.497 e. The number of likely N-dealkylation sites (N-methyl/N-ethyl adjacent to an activating group) is 1. The summed E-state index contributed by atoms with van der Waals surface area (Å²) in [7, 11) is 5.74. The van der Waals surface area contributed by atoms with Crippen molar-refractivity contribution >= 4 is 5.91 Å². The molecule has 5 nitrogen and oxygen atoms in total. The minimum atomic E-state index is -0.0854. The molecule has 1 aromatic heterocycles. The van der Waals surface area contributed by atoms with E-state index in [0.717, 1.165) is 11.3 Å². The first-order chi connectivity index (χ1) is 10.6. The van der Waals surface area contributed by atoms with E-state index in [1.807, 2.05) is 18.3 Å². The van der Waals surface area contributed by atoms with E-state index >= 15 is 0 Å². The van der Waals surface area contributed by atoms with Crippen LogP contribution in [0.4, 0.5) is 0 Å². The molecule has 0 aliphatic heterocycles. The van der Waals surface area contributed by atoms with E-state index in [9.17, 15) is 4.79 Å². The van der Waals surface area contributed by atoms with Crippen LogP contribution >= 0.6 is 0 Å². The molecule has 0 saturated carbocycles. The van der Waals surface area contributed by atoms with E-state index in [0.29, 0.717) is 12.1 Å². The maximum atomic E-state index is 12.2. The molecular weight excluding hydrogens is 278 g/mol. The second kappa shape index (κ2) is 7.56. The van der Waals surface area contributed by atoms with Gasteiger partial charge in [0.25, 0.3) is 5.91 Å². The van der Waals surface area contributed by atoms with Crippen LogP contribution in [-0.2, 0) is 0 Å². The van der Waals surface area contributed by atoms with Crippen molar-refractivity contribution in [1.82, 2.24) is 10.3 Å². The zero-order chi connectivity index (χ0) is 15.9. The molecule has 1 atom stereocenters. The molecule has 1 heterocycles. The highest BCUT2D eigenvalue weighted by atomic mass is 16.5. The number of quaternary nitrogens is 1. The second-order valence-electron chi connectivity index (χ2n) is 5.35. The van der Waals surface area contributed by atoms with Gasteiger partial charge in [-0.1, -0.05) is 0 Å². The Morgan fingerprint density at radius 1 is 1.27 bits per heavy atom. The topological polar surface area (TPSA) is 55.7 Å². The van der Waals surface area contributed by atoms with Crippen molar-refractivity contribution in [2.24, 2.45) is 0 Å². The van der Waals surface area contributed by atoms with Gasteiger partial charge in [0.05, 0.1) is 27.7 Å². The fourth-order valence-corrected chi connectivity index (χ4v) is 2.28. The third-order valence-corrected chi connectivity index (χ3v) is 3.60. The molecule has 0 bridgehead atoms. The van der Waals surface area contributed by atoms with Crippen LogP contribution in [0.15, 0.2) is 48.8 Å². The number of ether oxygens (including phenoxy) is 1. The summed E-state index contributed by atoms with van der Waals surface area (Å²) in [5, 5.41) is 2.99. The van der Waals surface area contributed by atoms with E-state index in [2.05, 4.69) is 24.4 Å². The van der Waals surface area contributed by atoms with Crippen molar-refractivity contribution < 1.29 is 14.4 Å². The van der Waals surface area contributed by atoms with Gasteiger partial charge in [-0.2, -0.15) is 0 Å². The summed E-state index contributed by atoms with van der Waals surface area (Å²) < 4.78 is 5.09. The van der Waals surface area contributed by atoms with Crippen molar-refractivity contribution in [2.45, 2.75) is 6.04 Å². The molecule has 0 radical (unpaired) electrons. The molecule has 0 aliphatic carbocycles. The minimum absolute atomic E-state index is 0.0854. The number of pyridine rings is 1. The molecule has 5 heteroatoms. The molecule has 0 spiro atoms. The van der Waals surface area contributed by atoms with Crippen molar-refractivity contribution in [3.05, 3.63) is 59.9 Å². The Morgan fingerprint density at radius 2 is 2.00 bits per heavy atom. The zero-order valence-electron chi connectivity index (χ0n) is 13.2. The molecule has 1 unspecified atom stereocenters. The SMILES string of the molecule is COc1ccc(C(=O)NCC(c2cccnc2)[NH+](C)C)cc1. The van der Waals surface area contributed by atoms with Gasteiger partial charge in [0.15, 0.2) is 0 Å². The van der Waals surface area contributed by atoms with Gasteiger partial charge in [-0.05, 0) is 36.4 Å². The average Bonchev–Trinajstić information content (AvgIpc) is 2.55. The van der Waals surface area contributed by atoms with Gasteiger partial charge in [0, 0.05) is 23.5 Å². The molecule has 0 saturated heterocycles. The second-order valence-corrected chi connectivity index (χ2v) is 5.35. The average molecular weight is 300 g/mol. The molecule has 0 aliphatic rings. The maximum absolute atomic E-state index is 12.2. The number of amides is 1. The van der Waals surface area contributed by atoms with Gasteiger partial charge in [-0.15, -0.1) is 0 Å². The zero-order valence-corrected chi connectivity index (χ0v) is 13.2. The quantitative estimate of drug-likeness (QED) is 0.826. The van der Waals surface area contributed by atoms with Gasteiger partial charge in [-0.3, -0.25) is 9.78 Å². The predicted molar refractivity (Wildman–Crippen MR) is 85.1 cm³/mol. The van der Waals surface area contributed by atoms with E-state index in [4.69, 9.17) is 4.74 Å². The molecule has 22 heavy (non-hydrogen) atoms. The molecule has 116 valence electrons. The first kappa shape index (κ1) is 16.0. The number of aromatic nitrogens is 1. The fourth-order valence-electron chi connectivity index (χ4n) is 2.28. The number of nitrogens with zero attached hydrogens (tertiary/aromatic N) is 1. The first-order valence-corrected chi connectivity index (χ1v) is 7.24. The lowest BCUT2D eigenvalue weighted by atomic mass is 10.1. The van der Waals surface area contributed by atoms with Crippen LogP contribution < -0.4 is 15.0 Å². The molecule has 0 fully saturated rings. The highest BCUT2D eigenvalue weighted by molar-refractivity contribution is 5.94. The molecule has 2 rings (SSSR count). The van der Waals surface area contributed by atoms with Crippen LogP contribution in [0.1, 0.15) is 22.0 Å². The highest BCUT2D eigenvalue weighted by Gasteiger charge is 2.19. The van der Waals surface area contributed by atoms with Gasteiger partial charge in [0.2, 0.25) is 0 Å². The molecule has 2 N–H and O–H groups in total. The minimum Gasteiger partial charge on any atom is -0.497 e. The van der Waals surface area contributed by atoms with E-state index in [1.165, 1.54) is 4.90 Å². The van der Waals surface area contributed by atoms with Crippen molar-refractivity contribution in [3.8, 4) is 5.75 Å². The number of carbonyl (C=O) groups excluding carboxylic acids is 1. The van der Waals surface area contributed by atoms with Gasteiger partial charge < -0.3 is 15.0 Å². The maximum Gasteiger partial charge on any atom is 0.251 e. The molecule has 1 aromatic carbocycles. The van der Waals surface area contributed by atoms with E-state index < -0.39 is 0 Å². The lowest BCUT2D eigenvalue weighted by molar-refractivity contribution is -0.890. The number of rotatable bonds is 6. The summed E-state index contributed by atoms with van der Waals surface area (Å²) in [5.41, 5.74) is 1.73. The lowest BCUT2D eigenvalue weighted by Crippen LogP contribution is -3.07. The van der Waals surface area contributed by atoms with Crippen LogP contribution in [0.5, 0.6) is 5.75 Å². The van der Waals surface area contributed by atoms with Crippen molar-refractivity contribution in [3.63, 3.8) is 0 Å². The summed E-state index contributed by atoms with van der Waals surface area (Å²) in [5.74, 6) is 0.653. The fraction of sp³-hybridized carbons (Fsp3) is 0.294. The third-order valence-electron chi connectivity index (χ3n) is 3.60. The Bertz CT molecular complexity index is 597. The van der Waals surface area contributed by atoms with Crippen LogP contribution in [0.25, 0.3) is 0 Å². The van der Waals surface area contributed by atoms with Gasteiger partial charge in [-0.25, -0.2) is 0 Å². The number of hydrogen-bond donors (Lipinski definition) is 2. The molecule has 1 amide bonds. The number of hydrogen-bond acceptors (Lipinski definition) is 3. The molecule has 2 aromatic rings. The standard InChI is InChI=1S/C17H21N3O2/c1-20(2)16(14-5-4-10-18-11-14)12-19-17(21)13-6-8-15(22-3)9-7-13/h4-11,16H,12H2,1-3H3,(H,19,21)/p+1. The monoisotopic (exact) mass is 300 g/mol. The number of benzene rings is 1. The van der Waals surface area contributed by atoms with E-state index in [1.54, 1.807) is 37.6 Å². The number of methoxy groups -OCH3 is 1. The summed E-state index contributed by atoms with van der Waals surface area (Å²) >= 11 is 0. The summed E-state index contributed by atoms with van der Waals surface area (Å²) in [6.45, 7) is 0.554. The highest BCUT2D eigenvalue weighted by Crippen LogP contribution is 2.11. The first-order valence-electron chi connectivity index (χ1n) is 7.24. The van der Waals surface area contributed by atoms with E-state index in [-0.39, 0.29) is 11.9 Å². The third kappa shape index (κ3) is 4.05. The van der Waals surface area contributed by atoms with Gasteiger partial charge in [0.1, 0.15) is 11.8 Å². The van der Waals surface area contributed by atoms with Crippen LogP contribution in [0.3, 0.4) is 0 Å². The Labute approximate surface area is 130 Å². The smallest absolute Gasteiger partial charge is 0.251 e. The normalized spacial score (nSPS) is 12.0. The van der Waals surface area contributed by atoms with Crippen molar-refractivity contribution in [1.29, 1.82) is 0 Å². The number of carbonyl (C=O) groups is 1. The Kier molecular flexibility index (Phi) is 5.49.